The number of fused-ring (bicyclic) bond motifs is 1. The van der Waals surface area contributed by atoms with Crippen molar-refractivity contribution in [2.24, 2.45) is 0 Å². The van der Waals surface area contributed by atoms with Crippen LogP contribution in [0.25, 0.3) is 10.1 Å². The third-order valence-electron chi connectivity index (χ3n) is 8.56. The van der Waals surface area contributed by atoms with Gasteiger partial charge in [-0.3, -0.25) is 14.4 Å². The minimum atomic E-state index is -1.03. The Bertz CT molecular complexity index is 1320. The molecule has 3 amide bonds. The third-order valence-corrected chi connectivity index (χ3v) is 9.68. The van der Waals surface area contributed by atoms with E-state index in [1.165, 1.54) is 11.3 Å². The van der Waals surface area contributed by atoms with E-state index >= 15 is 0 Å². The highest BCUT2D eigenvalue weighted by Gasteiger charge is 2.44. The van der Waals surface area contributed by atoms with Gasteiger partial charge < -0.3 is 25.8 Å². The molecule has 1 unspecified atom stereocenters. The van der Waals surface area contributed by atoms with Crippen molar-refractivity contribution in [2.75, 3.05) is 46.3 Å². The first-order valence-electron chi connectivity index (χ1n) is 15.3. The van der Waals surface area contributed by atoms with Crippen LogP contribution < -0.4 is 16.0 Å². The molecule has 1 aliphatic carbocycles. The van der Waals surface area contributed by atoms with Gasteiger partial charge in [-0.2, -0.15) is 0 Å². The summed E-state index contributed by atoms with van der Waals surface area (Å²) in [5, 5.41) is 10.2. The number of nitrogens with one attached hydrogen (secondary N) is 3. The molecule has 5 rings (SSSR count). The van der Waals surface area contributed by atoms with Gasteiger partial charge in [0.15, 0.2) is 0 Å². The topological polar surface area (TPSA) is 93.8 Å². The predicted molar refractivity (Wildman–Crippen MR) is 169 cm³/mol. The van der Waals surface area contributed by atoms with Gasteiger partial charge in [-0.1, -0.05) is 61.4 Å². The summed E-state index contributed by atoms with van der Waals surface area (Å²) in [6, 6.07) is 18.8. The molecule has 42 heavy (non-hydrogen) atoms. The molecule has 3 N–H and O–H groups in total. The molecular formula is C33H43N5O3S. The molecular weight excluding hydrogens is 546 g/mol. The number of hydrogen-bond donors (Lipinski definition) is 3. The fourth-order valence-corrected chi connectivity index (χ4v) is 7.03. The molecule has 2 aliphatic rings. The van der Waals surface area contributed by atoms with Gasteiger partial charge >= 0.3 is 0 Å². The lowest BCUT2D eigenvalue weighted by atomic mass is 9.94. The van der Waals surface area contributed by atoms with E-state index in [2.05, 4.69) is 32.8 Å². The highest BCUT2D eigenvalue weighted by Crippen LogP contribution is 2.32. The molecule has 2 aromatic carbocycles. The number of benzene rings is 2. The Kier molecular flexibility index (Phi) is 10.3. The van der Waals surface area contributed by atoms with E-state index < -0.39 is 11.6 Å². The van der Waals surface area contributed by atoms with E-state index in [1.54, 1.807) is 0 Å². The van der Waals surface area contributed by atoms with Crippen molar-refractivity contribution in [2.45, 2.75) is 56.5 Å². The number of amides is 3. The SMILES string of the molecule is CN1CCCN(CCCNC(=O)C(Cc2ccccc2)NC(=O)C2(NC(=O)c3cc4ccccc4s3)CCCC2)CC1. The minimum Gasteiger partial charge on any atom is -0.354 e. The minimum absolute atomic E-state index is 0.188. The molecule has 0 spiro atoms. The van der Waals surface area contributed by atoms with E-state index in [-0.39, 0.29) is 17.7 Å². The van der Waals surface area contributed by atoms with Crippen molar-refractivity contribution >= 4 is 39.1 Å². The highest BCUT2D eigenvalue weighted by molar-refractivity contribution is 7.20. The van der Waals surface area contributed by atoms with Gasteiger partial charge in [0.25, 0.3) is 5.91 Å². The van der Waals surface area contributed by atoms with Gasteiger partial charge in [0.2, 0.25) is 11.8 Å². The number of thiophene rings is 1. The van der Waals surface area contributed by atoms with Crippen LogP contribution in [0.15, 0.2) is 60.7 Å². The molecule has 1 aromatic heterocycles. The average molecular weight is 590 g/mol. The first-order chi connectivity index (χ1) is 20.4. The van der Waals surface area contributed by atoms with Crippen LogP contribution in [0.4, 0.5) is 0 Å². The lowest BCUT2D eigenvalue weighted by Crippen LogP contribution is -2.61. The van der Waals surface area contributed by atoms with E-state index in [4.69, 9.17) is 0 Å². The van der Waals surface area contributed by atoms with Crippen LogP contribution in [0.1, 0.15) is 53.8 Å². The van der Waals surface area contributed by atoms with Crippen molar-refractivity contribution in [3.63, 3.8) is 0 Å². The molecule has 1 saturated heterocycles. The van der Waals surface area contributed by atoms with Gasteiger partial charge in [-0.25, -0.2) is 0 Å². The maximum atomic E-state index is 13.9. The lowest BCUT2D eigenvalue weighted by Gasteiger charge is -2.31. The molecule has 3 aromatic rings. The number of hydrogen-bond acceptors (Lipinski definition) is 6. The molecule has 1 atom stereocenters. The predicted octanol–water partition coefficient (Wildman–Crippen LogP) is 3.82. The number of carbonyl (C=O) groups excluding carboxylic acids is 3. The summed E-state index contributed by atoms with van der Waals surface area (Å²) in [6.45, 7) is 5.82. The largest absolute Gasteiger partial charge is 0.354 e. The molecule has 2 fully saturated rings. The van der Waals surface area contributed by atoms with Crippen LogP contribution in [0.5, 0.6) is 0 Å². The Hall–Kier alpha value is -3.27. The van der Waals surface area contributed by atoms with Gasteiger partial charge in [0.05, 0.1) is 4.88 Å². The smallest absolute Gasteiger partial charge is 0.262 e. The summed E-state index contributed by atoms with van der Waals surface area (Å²) in [5.74, 6) is -0.706. The Labute approximate surface area is 252 Å². The van der Waals surface area contributed by atoms with Crippen molar-refractivity contribution in [1.82, 2.24) is 25.8 Å². The standard InChI is InChI=1S/C33H43N5O3S/c1-37-18-10-20-38(22-21-37)19-9-17-34-30(39)27(23-25-11-3-2-4-12-25)35-32(41)33(15-7-8-16-33)36-31(40)29-24-26-13-5-6-14-28(26)42-29/h2-6,11-14,24,27H,7-10,15-23H2,1H3,(H,34,39)(H,35,41)(H,36,40). The summed E-state index contributed by atoms with van der Waals surface area (Å²) in [5.41, 5.74) is -0.0519. The summed E-state index contributed by atoms with van der Waals surface area (Å²) in [6.07, 6.45) is 5.22. The monoisotopic (exact) mass is 589 g/mol. The average Bonchev–Trinajstić information content (AvgIpc) is 3.60. The molecule has 1 saturated carbocycles. The Morgan fingerprint density at radius 2 is 1.69 bits per heavy atom. The van der Waals surface area contributed by atoms with E-state index in [0.29, 0.717) is 30.7 Å². The summed E-state index contributed by atoms with van der Waals surface area (Å²) < 4.78 is 1.04. The van der Waals surface area contributed by atoms with Crippen LogP contribution in [0.3, 0.4) is 0 Å². The molecule has 8 nitrogen and oxygen atoms in total. The van der Waals surface area contributed by atoms with Gasteiger partial charge in [0.1, 0.15) is 11.6 Å². The second-order valence-electron chi connectivity index (χ2n) is 11.8. The highest BCUT2D eigenvalue weighted by atomic mass is 32.1. The Morgan fingerprint density at radius 1 is 0.929 bits per heavy atom. The summed E-state index contributed by atoms with van der Waals surface area (Å²) in [7, 11) is 2.16. The fraction of sp³-hybridized carbons (Fsp3) is 0.485. The van der Waals surface area contributed by atoms with Crippen molar-refractivity contribution < 1.29 is 14.4 Å². The van der Waals surface area contributed by atoms with Crippen molar-refractivity contribution in [3.8, 4) is 0 Å². The van der Waals surface area contributed by atoms with E-state index in [9.17, 15) is 14.4 Å². The van der Waals surface area contributed by atoms with Crippen LogP contribution in [0, 0.1) is 0 Å². The first-order valence-corrected chi connectivity index (χ1v) is 16.1. The molecule has 0 bridgehead atoms. The second kappa shape index (κ2) is 14.3. The van der Waals surface area contributed by atoms with Gasteiger partial charge in [0, 0.05) is 30.8 Å². The zero-order valence-electron chi connectivity index (χ0n) is 24.6. The number of likely N-dealkylation sites (N-methyl/N-ethyl adjacent to an activating group) is 1. The zero-order valence-corrected chi connectivity index (χ0v) is 25.4. The van der Waals surface area contributed by atoms with Crippen LogP contribution >= 0.6 is 11.3 Å². The normalized spacial score (nSPS) is 18.3. The molecule has 9 heteroatoms. The number of nitrogens with zero attached hydrogens (tertiary/aromatic N) is 2. The number of rotatable bonds is 11. The maximum absolute atomic E-state index is 13.9. The first kappa shape index (κ1) is 30.2. The van der Waals surface area contributed by atoms with Crippen LogP contribution in [-0.4, -0.2) is 85.4 Å². The Morgan fingerprint density at radius 3 is 2.48 bits per heavy atom. The molecule has 1 aliphatic heterocycles. The zero-order chi connectivity index (χ0) is 29.4. The third kappa shape index (κ3) is 7.76. The molecule has 0 radical (unpaired) electrons. The van der Waals surface area contributed by atoms with Gasteiger partial charge in [-0.05, 0) is 75.4 Å². The summed E-state index contributed by atoms with van der Waals surface area (Å²) in [4.78, 5) is 46.1. The summed E-state index contributed by atoms with van der Waals surface area (Å²) >= 11 is 1.43. The maximum Gasteiger partial charge on any atom is 0.262 e. The fourth-order valence-electron chi connectivity index (χ4n) is 6.08. The number of carbonyl (C=O) groups is 3. The molecule has 2 heterocycles. The lowest BCUT2D eigenvalue weighted by molar-refractivity contribution is -0.132. The van der Waals surface area contributed by atoms with Crippen LogP contribution in [-0.2, 0) is 16.0 Å². The Balaban J connectivity index is 1.23. The molecule has 224 valence electrons. The quantitative estimate of drug-likeness (QED) is 0.296. The van der Waals surface area contributed by atoms with E-state index in [0.717, 1.165) is 74.1 Å². The van der Waals surface area contributed by atoms with Gasteiger partial charge in [-0.15, -0.1) is 11.3 Å². The van der Waals surface area contributed by atoms with Crippen LogP contribution in [0.2, 0.25) is 0 Å². The second-order valence-corrected chi connectivity index (χ2v) is 12.8. The van der Waals surface area contributed by atoms with E-state index in [1.807, 2.05) is 60.7 Å². The van der Waals surface area contributed by atoms with Crippen molar-refractivity contribution in [3.05, 3.63) is 71.1 Å². The van der Waals surface area contributed by atoms with Crippen molar-refractivity contribution in [1.29, 1.82) is 0 Å².